The second-order valence-corrected chi connectivity index (χ2v) is 9.51. The van der Waals surface area contributed by atoms with Crippen LogP contribution in [0, 0.1) is 0 Å². The van der Waals surface area contributed by atoms with Gasteiger partial charge in [-0.25, -0.2) is 0 Å². The summed E-state index contributed by atoms with van der Waals surface area (Å²) in [7, 11) is 0. The highest BCUT2D eigenvalue weighted by atomic mass is 14.4. The second kappa shape index (κ2) is 7.54. The minimum atomic E-state index is 0.0578. The molecule has 0 aliphatic heterocycles. The van der Waals surface area contributed by atoms with E-state index < -0.39 is 0 Å². The largest absolute Gasteiger partial charge is 0.0622 e. The van der Waals surface area contributed by atoms with Crippen LogP contribution < -0.4 is 0 Å². The van der Waals surface area contributed by atoms with Gasteiger partial charge in [-0.15, -0.1) is 0 Å². The number of rotatable bonds is 4. The van der Waals surface area contributed by atoms with Crippen molar-refractivity contribution in [3.63, 3.8) is 0 Å². The SMILES string of the molecule is CC(c1ccc(-c2ccccc2)cc1)C(C)c1cccc2c1-c1ccccc1C2(C)C. The van der Waals surface area contributed by atoms with Gasteiger partial charge in [-0.3, -0.25) is 0 Å². The van der Waals surface area contributed by atoms with E-state index in [1.807, 2.05) is 0 Å². The number of hydrogen-bond acceptors (Lipinski definition) is 0. The molecule has 0 radical (unpaired) electrons. The molecule has 0 spiro atoms. The molecule has 2 unspecified atom stereocenters. The summed E-state index contributed by atoms with van der Waals surface area (Å²) in [4.78, 5) is 0. The summed E-state index contributed by atoms with van der Waals surface area (Å²) < 4.78 is 0. The molecule has 0 amide bonds. The Balaban J connectivity index is 1.51. The number of hydrogen-bond donors (Lipinski definition) is 0. The van der Waals surface area contributed by atoms with Crippen LogP contribution in [0.3, 0.4) is 0 Å². The Labute approximate surface area is 186 Å². The van der Waals surface area contributed by atoms with Gasteiger partial charge < -0.3 is 0 Å². The molecule has 0 aromatic heterocycles. The Morgan fingerprint density at radius 2 is 1.16 bits per heavy atom. The molecule has 5 rings (SSSR count). The van der Waals surface area contributed by atoms with E-state index in [1.54, 1.807) is 0 Å². The molecule has 154 valence electrons. The van der Waals surface area contributed by atoms with Gasteiger partial charge >= 0.3 is 0 Å². The normalized spacial score (nSPS) is 15.7. The standard InChI is InChI=1S/C31H30/c1-21(23-17-19-25(20-18-23)24-11-6-5-7-12-24)22(2)26-14-10-16-29-30(26)27-13-8-9-15-28(27)31(29,3)4/h5-22H,1-4H3. The van der Waals surface area contributed by atoms with Crippen LogP contribution in [0.2, 0.25) is 0 Å². The maximum atomic E-state index is 2.39. The fourth-order valence-electron chi connectivity index (χ4n) is 5.33. The third-order valence-electron chi connectivity index (χ3n) is 7.42. The summed E-state index contributed by atoms with van der Waals surface area (Å²) in [5.41, 5.74) is 11.3. The first-order chi connectivity index (χ1) is 15.0. The van der Waals surface area contributed by atoms with E-state index >= 15 is 0 Å². The Morgan fingerprint density at radius 1 is 0.548 bits per heavy atom. The highest BCUT2D eigenvalue weighted by Crippen LogP contribution is 2.52. The van der Waals surface area contributed by atoms with Crippen molar-refractivity contribution in [2.24, 2.45) is 0 Å². The molecule has 0 heterocycles. The van der Waals surface area contributed by atoms with Gasteiger partial charge in [0.05, 0.1) is 0 Å². The molecule has 4 aromatic carbocycles. The topological polar surface area (TPSA) is 0 Å². The molecular formula is C31H30. The van der Waals surface area contributed by atoms with E-state index in [2.05, 4.69) is 125 Å². The average Bonchev–Trinajstić information content (AvgIpc) is 3.06. The first-order valence-electron chi connectivity index (χ1n) is 11.4. The van der Waals surface area contributed by atoms with Gasteiger partial charge in [0.2, 0.25) is 0 Å². The van der Waals surface area contributed by atoms with E-state index in [4.69, 9.17) is 0 Å². The van der Waals surface area contributed by atoms with Crippen molar-refractivity contribution in [2.75, 3.05) is 0 Å². The molecule has 0 heteroatoms. The smallest absolute Gasteiger partial charge is 0.0158 e. The molecule has 1 aliphatic carbocycles. The lowest BCUT2D eigenvalue weighted by Crippen LogP contribution is -2.15. The van der Waals surface area contributed by atoms with Crippen LogP contribution in [0.4, 0.5) is 0 Å². The van der Waals surface area contributed by atoms with Crippen molar-refractivity contribution in [1.29, 1.82) is 0 Å². The lowest BCUT2D eigenvalue weighted by atomic mass is 9.78. The highest BCUT2D eigenvalue weighted by molar-refractivity contribution is 5.83. The van der Waals surface area contributed by atoms with Gasteiger partial charge in [0, 0.05) is 5.41 Å². The summed E-state index contributed by atoms with van der Waals surface area (Å²) in [6.45, 7) is 9.47. The molecule has 0 saturated carbocycles. The van der Waals surface area contributed by atoms with Gasteiger partial charge in [0.15, 0.2) is 0 Å². The summed E-state index contributed by atoms with van der Waals surface area (Å²) in [5.74, 6) is 0.867. The van der Waals surface area contributed by atoms with E-state index in [0.717, 1.165) is 0 Å². The van der Waals surface area contributed by atoms with Crippen molar-refractivity contribution >= 4 is 0 Å². The zero-order valence-corrected chi connectivity index (χ0v) is 18.9. The average molecular weight is 403 g/mol. The van der Waals surface area contributed by atoms with Crippen LogP contribution in [-0.2, 0) is 5.41 Å². The quantitative estimate of drug-likeness (QED) is 0.321. The second-order valence-electron chi connectivity index (χ2n) is 9.51. The molecule has 0 saturated heterocycles. The zero-order valence-electron chi connectivity index (χ0n) is 18.9. The highest BCUT2D eigenvalue weighted by Gasteiger charge is 2.37. The number of fused-ring (bicyclic) bond motifs is 3. The minimum Gasteiger partial charge on any atom is -0.0622 e. The summed E-state index contributed by atoms with van der Waals surface area (Å²) >= 11 is 0. The Morgan fingerprint density at radius 3 is 1.90 bits per heavy atom. The van der Waals surface area contributed by atoms with Crippen LogP contribution >= 0.6 is 0 Å². The van der Waals surface area contributed by atoms with Crippen LogP contribution in [0.5, 0.6) is 0 Å². The summed E-state index contributed by atoms with van der Waals surface area (Å²) in [5, 5.41) is 0. The maximum absolute atomic E-state index is 2.39. The number of benzene rings is 4. The fraction of sp³-hybridized carbons (Fsp3) is 0.226. The van der Waals surface area contributed by atoms with Crippen molar-refractivity contribution in [2.45, 2.75) is 44.9 Å². The molecule has 1 aliphatic rings. The van der Waals surface area contributed by atoms with Gasteiger partial charge in [-0.1, -0.05) is 125 Å². The summed E-state index contributed by atoms with van der Waals surface area (Å²) in [6, 6.07) is 35.6. The predicted molar refractivity (Wildman–Crippen MR) is 133 cm³/mol. The van der Waals surface area contributed by atoms with E-state index in [1.165, 1.54) is 44.5 Å². The van der Waals surface area contributed by atoms with Crippen molar-refractivity contribution in [3.8, 4) is 22.3 Å². The summed E-state index contributed by atoms with van der Waals surface area (Å²) in [6.07, 6.45) is 0. The molecule has 0 fully saturated rings. The van der Waals surface area contributed by atoms with Crippen molar-refractivity contribution < 1.29 is 0 Å². The Kier molecular flexibility index (Phi) is 4.82. The third-order valence-corrected chi connectivity index (χ3v) is 7.42. The van der Waals surface area contributed by atoms with E-state index in [-0.39, 0.29) is 5.41 Å². The maximum Gasteiger partial charge on any atom is 0.0158 e. The van der Waals surface area contributed by atoms with Gasteiger partial charge in [-0.2, -0.15) is 0 Å². The molecule has 0 bridgehead atoms. The predicted octanol–water partition coefficient (Wildman–Crippen LogP) is 8.57. The molecular weight excluding hydrogens is 372 g/mol. The monoisotopic (exact) mass is 402 g/mol. The lowest BCUT2D eigenvalue weighted by Gasteiger charge is -2.25. The molecule has 31 heavy (non-hydrogen) atoms. The van der Waals surface area contributed by atoms with Crippen molar-refractivity contribution in [3.05, 3.63) is 119 Å². The van der Waals surface area contributed by atoms with E-state index in [9.17, 15) is 0 Å². The van der Waals surface area contributed by atoms with Gasteiger partial charge in [0.25, 0.3) is 0 Å². The van der Waals surface area contributed by atoms with Crippen LogP contribution in [0.15, 0.2) is 97.1 Å². The first kappa shape index (κ1) is 19.8. The molecule has 0 nitrogen and oxygen atoms in total. The van der Waals surface area contributed by atoms with Crippen LogP contribution in [0.1, 0.15) is 61.8 Å². The van der Waals surface area contributed by atoms with Crippen LogP contribution in [-0.4, -0.2) is 0 Å². The van der Waals surface area contributed by atoms with E-state index in [0.29, 0.717) is 11.8 Å². The Hall–Kier alpha value is -3.12. The molecule has 4 aromatic rings. The Bertz CT molecular complexity index is 1210. The first-order valence-corrected chi connectivity index (χ1v) is 11.4. The van der Waals surface area contributed by atoms with Gasteiger partial charge in [-0.05, 0) is 56.3 Å². The third kappa shape index (κ3) is 3.22. The van der Waals surface area contributed by atoms with Crippen LogP contribution in [0.25, 0.3) is 22.3 Å². The fourth-order valence-corrected chi connectivity index (χ4v) is 5.33. The lowest BCUT2D eigenvalue weighted by molar-refractivity contribution is 0.621. The minimum absolute atomic E-state index is 0.0578. The zero-order chi connectivity index (χ0) is 21.6. The van der Waals surface area contributed by atoms with Gasteiger partial charge in [0.1, 0.15) is 0 Å². The molecule has 2 atom stereocenters. The molecule has 0 N–H and O–H groups in total. The van der Waals surface area contributed by atoms with Crippen molar-refractivity contribution in [1.82, 2.24) is 0 Å².